The zero-order valence-corrected chi connectivity index (χ0v) is 12.0. The van der Waals surface area contributed by atoms with Crippen LogP contribution >= 0.6 is 0 Å². The van der Waals surface area contributed by atoms with Gasteiger partial charge in [-0.1, -0.05) is 0 Å². The zero-order valence-electron chi connectivity index (χ0n) is 12.0. The Morgan fingerprint density at radius 1 is 1.10 bits per heavy atom. The molecule has 4 heteroatoms. The summed E-state index contributed by atoms with van der Waals surface area (Å²) in [5.74, 6) is 1.84. The Kier molecular flexibility index (Phi) is 2.35. The molecule has 3 N–H and O–H groups in total. The van der Waals surface area contributed by atoms with E-state index in [4.69, 9.17) is 15.2 Å². The number of rotatable bonds is 2. The molecule has 0 bridgehead atoms. The fraction of sp³-hybridized carbons (Fsp3) is 0.625. The van der Waals surface area contributed by atoms with Gasteiger partial charge in [0.05, 0.1) is 0 Å². The van der Waals surface area contributed by atoms with E-state index in [1.165, 1.54) is 5.56 Å². The molecule has 0 radical (unpaired) electrons. The largest absolute Gasteiger partial charge is 0.504 e. The van der Waals surface area contributed by atoms with E-state index in [0.29, 0.717) is 5.75 Å². The first kappa shape index (κ1) is 12.3. The second kappa shape index (κ2) is 3.82. The third-order valence-electron chi connectivity index (χ3n) is 4.73. The fourth-order valence-electron chi connectivity index (χ4n) is 3.46. The molecule has 1 aromatic rings. The molecule has 0 saturated heterocycles. The number of ether oxygens (including phenoxy) is 2. The van der Waals surface area contributed by atoms with Gasteiger partial charge in [-0.3, -0.25) is 0 Å². The van der Waals surface area contributed by atoms with Crippen molar-refractivity contribution in [3.05, 3.63) is 16.7 Å². The first-order valence-corrected chi connectivity index (χ1v) is 7.48. The highest BCUT2D eigenvalue weighted by atomic mass is 16.5. The molecule has 0 aromatic heterocycles. The molecule has 0 spiro atoms. The minimum absolute atomic E-state index is 0.0699. The van der Waals surface area contributed by atoms with Crippen molar-refractivity contribution in [2.75, 3.05) is 0 Å². The number of fused-ring (bicyclic) bond motifs is 2. The number of aromatic hydroxyl groups is 1. The molecule has 1 saturated carbocycles. The molecule has 2 atom stereocenters. The molecule has 1 aliphatic carbocycles. The minimum atomic E-state index is -0.0699. The van der Waals surface area contributed by atoms with Crippen molar-refractivity contribution in [2.45, 2.75) is 63.7 Å². The standard InChI is InChI=1S/C16H21NO3/c1-8-5-10-12(7-16(17)3-4-16)14-11(6-9(2)19-14)13(18)15(10)20-8/h8-9,18H,3-7,17H2,1-2H3. The predicted octanol–water partition coefficient (Wildman–Crippen LogP) is 2.07. The average Bonchev–Trinajstić information content (AvgIpc) is 2.82. The highest BCUT2D eigenvalue weighted by Crippen LogP contribution is 2.52. The summed E-state index contributed by atoms with van der Waals surface area (Å²) in [4.78, 5) is 0. The first-order valence-electron chi connectivity index (χ1n) is 7.48. The number of phenolic OH excluding ortho intramolecular Hbond substituents is 1. The van der Waals surface area contributed by atoms with Crippen LogP contribution in [0.2, 0.25) is 0 Å². The van der Waals surface area contributed by atoms with Gasteiger partial charge in [-0.25, -0.2) is 0 Å². The van der Waals surface area contributed by atoms with Crippen molar-refractivity contribution >= 4 is 0 Å². The number of hydrogen-bond acceptors (Lipinski definition) is 4. The van der Waals surface area contributed by atoms with E-state index in [0.717, 1.165) is 49.0 Å². The quantitative estimate of drug-likeness (QED) is 0.867. The van der Waals surface area contributed by atoms with Crippen LogP contribution < -0.4 is 15.2 Å². The van der Waals surface area contributed by atoms with Crippen LogP contribution in [0.25, 0.3) is 0 Å². The Morgan fingerprint density at radius 3 is 2.35 bits per heavy atom. The number of hydrogen-bond donors (Lipinski definition) is 2. The smallest absolute Gasteiger partial charge is 0.165 e. The summed E-state index contributed by atoms with van der Waals surface area (Å²) in [5.41, 5.74) is 9.45. The van der Waals surface area contributed by atoms with Gasteiger partial charge in [0.25, 0.3) is 0 Å². The molecule has 2 heterocycles. The predicted molar refractivity (Wildman–Crippen MR) is 75.6 cm³/mol. The van der Waals surface area contributed by atoms with E-state index < -0.39 is 0 Å². The Hall–Kier alpha value is -1.42. The van der Waals surface area contributed by atoms with Crippen LogP contribution in [0.1, 0.15) is 43.4 Å². The van der Waals surface area contributed by atoms with Crippen LogP contribution in [0, 0.1) is 0 Å². The number of nitrogens with two attached hydrogens (primary N) is 1. The summed E-state index contributed by atoms with van der Waals surface area (Å²) in [6.07, 6.45) is 4.79. The average molecular weight is 275 g/mol. The van der Waals surface area contributed by atoms with Crippen LogP contribution in [-0.2, 0) is 19.3 Å². The van der Waals surface area contributed by atoms with Gasteiger partial charge in [0, 0.05) is 35.1 Å². The van der Waals surface area contributed by atoms with Crippen LogP contribution in [0.15, 0.2) is 0 Å². The second-order valence-corrected chi connectivity index (χ2v) is 6.75. The van der Waals surface area contributed by atoms with Crippen molar-refractivity contribution in [3.8, 4) is 17.2 Å². The highest BCUT2D eigenvalue weighted by Gasteiger charge is 2.43. The van der Waals surface area contributed by atoms with Gasteiger partial charge in [0.2, 0.25) is 0 Å². The van der Waals surface area contributed by atoms with Crippen molar-refractivity contribution < 1.29 is 14.6 Å². The molecular formula is C16H21NO3. The molecule has 3 aliphatic rings. The van der Waals surface area contributed by atoms with Crippen LogP contribution in [0.5, 0.6) is 17.2 Å². The van der Waals surface area contributed by atoms with E-state index in [1.807, 2.05) is 13.8 Å². The van der Waals surface area contributed by atoms with Crippen molar-refractivity contribution in [1.82, 2.24) is 0 Å². The van der Waals surface area contributed by atoms with Gasteiger partial charge in [0.15, 0.2) is 11.5 Å². The lowest BCUT2D eigenvalue weighted by Gasteiger charge is -2.17. The minimum Gasteiger partial charge on any atom is -0.504 e. The van der Waals surface area contributed by atoms with Crippen molar-refractivity contribution in [1.29, 1.82) is 0 Å². The second-order valence-electron chi connectivity index (χ2n) is 6.75. The molecule has 2 unspecified atom stereocenters. The normalized spacial score (nSPS) is 28.6. The molecule has 2 aliphatic heterocycles. The Labute approximate surface area is 118 Å². The van der Waals surface area contributed by atoms with E-state index >= 15 is 0 Å². The summed E-state index contributed by atoms with van der Waals surface area (Å²) in [6, 6.07) is 0. The van der Waals surface area contributed by atoms with Crippen molar-refractivity contribution in [2.24, 2.45) is 5.73 Å². The zero-order chi connectivity index (χ0) is 14.1. The lowest BCUT2D eigenvalue weighted by atomic mass is 9.92. The number of phenols is 1. The summed E-state index contributed by atoms with van der Waals surface area (Å²) in [5, 5.41) is 10.5. The van der Waals surface area contributed by atoms with Gasteiger partial charge in [-0.15, -0.1) is 0 Å². The first-order chi connectivity index (χ1) is 9.47. The van der Waals surface area contributed by atoms with Crippen LogP contribution in [0.4, 0.5) is 0 Å². The van der Waals surface area contributed by atoms with Gasteiger partial charge in [-0.2, -0.15) is 0 Å². The molecule has 4 nitrogen and oxygen atoms in total. The fourth-order valence-corrected chi connectivity index (χ4v) is 3.46. The summed E-state index contributed by atoms with van der Waals surface area (Å²) in [7, 11) is 0. The van der Waals surface area contributed by atoms with E-state index in [-0.39, 0.29) is 23.5 Å². The van der Waals surface area contributed by atoms with E-state index in [9.17, 15) is 5.11 Å². The monoisotopic (exact) mass is 275 g/mol. The van der Waals surface area contributed by atoms with Crippen LogP contribution in [0.3, 0.4) is 0 Å². The summed E-state index contributed by atoms with van der Waals surface area (Å²) < 4.78 is 11.8. The maximum Gasteiger partial charge on any atom is 0.165 e. The van der Waals surface area contributed by atoms with Crippen molar-refractivity contribution in [3.63, 3.8) is 0 Å². The SMILES string of the molecule is CC1Cc2c(CC3(N)CC3)c3c(c(O)c2O1)CC(C)O3. The Balaban J connectivity index is 1.88. The van der Waals surface area contributed by atoms with Gasteiger partial charge in [0.1, 0.15) is 18.0 Å². The van der Waals surface area contributed by atoms with Gasteiger partial charge < -0.3 is 20.3 Å². The maximum atomic E-state index is 10.5. The molecule has 20 heavy (non-hydrogen) atoms. The van der Waals surface area contributed by atoms with E-state index in [2.05, 4.69) is 0 Å². The molecule has 4 rings (SSSR count). The third-order valence-corrected chi connectivity index (χ3v) is 4.73. The Morgan fingerprint density at radius 2 is 1.70 bits per heavy atom. The Bertz CT molecular complexity index is 553. The van der Waals surface area contributed by atoms with Gasteiger partial charge in [-0.05, 0) is 33.1 Å². The summed E-state index contributed by atoms with van der Waals surface area (Å²) >= 11 is 0. The van der Waals surface area contributed by atoms with Crippen LogP contribution in [-0.4, -0.2) is 22.9 Å². The molecule has 1 aromatic carbocycles. The molecule has 0 amide bonds. The molecular weight excluding hydrogens is 254 g/mol. The lowest BCUT2D eigenvalue weighted by molar-refractivity contribution is 0.244. The number of benzene rings is 1. The summed E-state index contributed by atoms with van der Waals surface area (Å²) in [6.45, 7) is 4.07. The third kappa shape index (κ3) is 1.71. The van der Waals surface area contributed by atoms with Gasteiger partial charge >= 0.3 is 0 Å². The maximum absolute atomic E-state index is 10.5. The topological polar surface area (TPSA) is 64.7 Å². The highest BCUT2D eigenvalue weighted by molar-refractivity contribution is 5.66. The molecule has 1 fully saturated rings. The molecule has 108 valence electrons. The van der Waals surface area contributed by atoms with E-state index in [1.54, 1.807) is 0 Å². The lowest BCUT2D eigenvalue weighted by Crippen LogP contribution is -2.25.